The summed E-state index contributed by atoms with van der Waals surface area (Å²) in [4.78, 5) is 19.3. The van der Waals surface area contributed by atoms with Gasteiger partial charge in [0.15, 0.2) is 5.65 Å². The summed E-state index contributed by atoms with van der Waals surface area (Å²) < 4.78 is 21.1. The van der Waals surface area contributed by atoms with Gasteiger partial charge in [-0.1, -0.05) is 11.6 Å². The number of hydrogen-bond donors (Lipinski definition) is 3. The molecule has 0 radical (unpaired) electrons. The molecule has 3 N–H and O–H groups in total. The number of anilines is 1. The lowest BCUT2D eigenvalue weighted by Crippen LogP contribution is -2.54. The smallest absolute Gasteiger partial charge is 0.253 e. The molecule has 1 aliphatic rings. The van der Waals surface area contributed by atoms with Crippen molar-refractivity contribution in [1.29, 1.82) is 0 Å². The largest absolute Gasteiger partial charge is 0.492 e. The SMILES string of the molecule is CCOc1cc(-c2ccc(N3CC[C@H](NC(=O)c4cc(F)ccc4Cl)[C@@H](O)C3)nc2)c2c3cn[nH]c3nn2c1. The van der Waals surface area contributed by atoms with Gasteiger partial charge in [0.1, 0.15) is 17.4 Å². The van der Waals surface area contributed by atoms with Gasteiger partial charge in [-0.05, 0) is 49.7 Å². The first-order chi connectivity index (χ1) is 18.9. The van der Waals surface area contributed by atoms with Crippen LogP contribution in [0.15, 0.2) is 55.0 Å². The molecule has 1 amide bonds. The summed E-state index contributed by atoms with van der Waals surface area (Å²) in [7, 11) is 0. The molecule has 4 aromatic heterocycles. The van der Waals surface area contributed by atoms with Gasteiger partial charge >= 0.3 is 0 Å². The number of nitrogens with zero attached hydrogens (tertiary/aromatic N) is 5. The van der Waals surface area contributed by atoms with Crippen molar-refractivity contribution < 1.29 is 19.0 Å². The lowest BCUT2D eigenvalue weighted by molar-refractivity contribution is 0.0797. The van der Waals surface area contributed by atoms with E-state index in [9.17, 15) is 14.3 Å². The lowest BCUT2D eigenvalue weighted by atomic mass is 10.0. The Balaban J connectivity index is 1.20. The van der Waals surface area contributed by atoms with Crippen molar-refractivity contribution in [1.82, 2.24) is 30.1 Å². The number of aromatic nitrogens is 5. The van der Waals surface area contributed by atoms with Crippen LogP contribution in [0, 0.1) is 5.82 Å². The number of H-pyrrole nitrogens is 1. The standard InChI is InChI=1S/C27H25ClFN7O3/c1-2-39-17-10-18(25-20-12-31-33-26(20)34-36(25)13-17)15-3-6-24(30-11-15)35-8-7-22(23(37)14-35)32-27(38)19-9-16(29)4-5-21(19)28/h3-6,9-13,22-23,37H,2,7-8,14H2,1H3,(H,32,38)(H,33,34)/t22-,23-/m0/s1. The van der Waals surface area contributed by atoms with Crippen LogP contribution < -0.4 is 15.0 Å². The maximum atomic E-state index is 13.6. The maximum absolute atomic E-state index is 13.6. The summed E-state index contributed by atoms with van der Waals surface area (Å²) in [5, 5.41) is 26.2. The Morgan fingerprint density at radius 1 is 1.28 bits per heavy atom. The molecule has 0 bridgehead atoms. The summed E-state index contributed by atoms with van der Waals surface area (Å²) in [5.41, 5.74) is 3.39. The van der Waals surface area contributed by atoms with E-state index in [1.165, 1.54) is 12.1 Å². The molecule has 0 spiro atoms. The third kappa shape index (κ3) is 4.75. The molecule has 12 heteroatoms. The summed E-state index contributed by atoms with van der Waals surface area (Å²) >= 11 is 6.06. The number of piperidine rings is 1. The summed E-state index contributed by atoms with van der Waals surface area (Å²) in [5.74, 6) is 0.317. The molecule has 200 valence electrons. The molecule has 2 atom stereocenters. The molecule has 10 nitrogen and oxygen atoms in total. The third-order valence-corrected chi connectivity index (χ3v) is 7.20. The summed E-state index contributed by atoms with van der Waals surface area (Å²) in [6.07, 6.45) is 5.00. The van der Waals surface area contributed by atoms with Crippen molar-refractivity contribution in [2.45, 2.75) is 25.5 Å². The van der Waals surface area contributed by atoms with E-state index in [0.717, 1.165) is 28.1 Å². The van der Waals surface area contributed by atoms with Crippen molar-refractivity contribution in [3.05, 3.63) is 71.4 Å². The highest BCUT2D eigenvalue weighted by molar-refractivity contribution is 6.33. The van der Waals surface area contributed by atoms with Gasteiger partial charge in [0, 0.05) is 30.4 Å². The van der Waals surface area contributed by atoms with Crippen LogP contribution >= 0.6 is 11.6 Å². The molecule has 39 heavy (non-hydrogen) atoms. The Hall–Kier alpha value is -4.22. The number of aliphatic hydroxyl groups excluding tert-OH is 1. The van der Waals surface area contributed by atoms with Crippen LogP contribution in [0.25, 0.3) is 27.7 Å². The van der Waals surface area contributed by atoms with Gasteiger partial charge in [-0.3, -0.25) is 9.89 Å². The Morgan fingerprint density at radius 3 is 2.92 bits per heavy atom. The number of β-amino-alcohol motifs (C(OH)–C–C–N with tert-alkyl or cyclic N) is 1. The van der Waals surface area contributed by atoms with Crippen LogP contribution in [0.3, 0.4) is 0 Å². The Kier molecular flexibility index (Phi) is 6.53. The first-order valence-corrected chi connectivity index (χ1v) is 12.9. The van der Waals surface area contributed by atoms with Crippen LogP contribution in [0.5, 0.6) is 5.75 Å². The van der Waals surface area contributed by atoms with Crippen LogP contribution in [-0.2, 0) is 0 Å². The minimum absolute atomic E-state index is 0.0388. The van der Waals surface area contributed by atoms with Crippen LogP contribution in [0.2, 0.25) is 5.02 Å². The second-order valence-corrected chi connectivity index (χ2v) is 9.77. The number of aliphatic hydroxyl groups is 1. The molecule has 1 aliphatic heterocycles. The van der Waals surface area contributed by atoms with Gasteiger partial charge in [-0.25, -0.2) is 13.9 Å². The van der Waals surface area contributed by atoms with Crippen molar-refractivity contribution in [3.8, 4) is 16.9 Å². The number of nitrogens with one attached hydrogen (secondary N) is 2. The second kappa shape index (κ2) is 10.2. The highest BCUT2D eigenvalue weighted by atomic mass is 35.5. The van der Waals surface area contributed by atoms with E-state index in [0.29, 0.717) is 36.8 Å². The topological polar surface area (TPSA) is 121 Å². The van der Waals surface area contributed by atoms with Gasteiger partial charge in [0.25, 0.3) is 5.91 Å². The van der Waals surface area contributed by atoms with Crippen molar-refractivity contribution in [2.24, 2.45) is 0 Å². The molecular formula is C27H25ClFN7O3. The highest BCUT2D eigenvalue weighted by Gasteiger charge is 2.30. The molecule has 5 aromatic rings. The number of benzene rings is 1. The monoisotopic (exact) mass is 549 g/mol. The highest BCUT2D eigenvalue weighted by Crippen LogP contribution is 2.33. The number of carbonyl (C=O) groups is 1. The molecule has 0 aliphatic carbocycles. The van der Waals surface area contributed by atoms with Gasteiger partial charge < -0.3 is 20.1 Å². The molecule has 5 heterocycles. The Labute approximate surface area is 227 Å². The predicted octanol–water partition coefficient (Wildman–Crippen LogP) is 3.83. The average molecular weight is 550 g/mol. The fraction of sp³-hybridized carbons (Fsp3) is 0.259. The number of aromatic amines is 1. The second-order valence-electron chi connectivity index (χ2n) is 9.36. The first kappa shape index (κ1) is 25.1. The number of fused-ring (bicyclic) bond motifs is 3. The zero-order valence-electron chi connectivity index (χ0n) is 20.9. The predicted molar refractivity (Wildman–Crippen MR) is 145 cm³/mol. The molecule has 1 saturated heterocycles. The molecule has 0 unspecified atom stereocenters. The van der Waals surface area contributed by atoms with E-state index in [-0.39, 0.29) is 17.1 Å². The van der Waals surface area contributed by atoms with Crippen molar-refractivity contribution >= 4 is 39.9 Å². The lowest BCUT2D eigenvalue weighted by Gasteiger charge is -2.37. The molecular weight excluding hydrogens is 525 g/mol. The van der Waals surface area contributed by atoms with E-state index in [1.807, 2.05) is 36.2 Å². The molecule has 0 saturated carbocycles. The van der Waals surface area contributed by atoms with Crippen LogP contribution in [-0.4, -0.2) is 67.7 Å². The fourth-order valence-electron chi connectivity index (χ4n) is 4.96. The van der Waals surface area contributed by atoms with E-state index >= 15 is 0 Å². The Bertz CT molecular complexity index is 1670. The average Bonchev–Trinajstić information content (AvgIpc) is 3.52. The third-order valence-electron chi connectivity index (χ3n) is 6.87. The van der Waals surface area contributed by atoms with E-state index in [4.69, 9.17) is 16.3 Å². The van der Waals surface area contributed by atoms with Crippen LogP contribution in [0.4, 0.5) is 10.2 Å². The number of pyridine rings is 2. The summed E-state index contributed by atoms with van der Waals surface area (Å²) in [6.45, 7) is 3.29. The molecule has 1 aromatic carbocycles. The Morgan fingerprint density at radius 2 is 2.15 bits per heavy atom. The quantitative estimate of drug-likeness (QED) is 0.294. The van der Waals surface area contributed by atoms with Gasteiger partial charge in [-0.2, -0.15) is 5.10 Å². The van der Waals surface area contributed by atoms with Crippen molar-refractivity contribution in [3.63, 3.8) is 0 Å². The van der Waals surface area contributed by atoms with Crippen LogP contribution in [0.1, 0.15) is 23.7 Å². The first-order valence-electron chi connectivity index (χ1n) is 12.5. The number of hydrogen-bond acceptors (Lipinski definition) is 7. The fourth-order valence-corrected chi connectivity index (χ4v) is 5.17. The van der Waals surface area contributed by atoms with Gasteiger partial charge in [0.05, 0.1) is 52.6 Å². The number of halogens is 2. The van der Waals surface area contributed by atoms with E-state index in [1.54, 1.807) is 16.9 Å². The maximum Gasteiger partial charge on any atom is 0.253 e. The number of carbonyl (C=O) groups excluding carboxylic acids is 1. The number of rotatable bonds is 6. The number of ether oxygens (including phenoxy) is 1. The van der Waals surface area contributed by atoms with Gasteiger partial charge in [0.2, 0.25) is 0 Å². The molecule has 1 fully saturated rings. The number of amides is 1. The normalized spacial score (nSPS) is 17.6. The molecule has 6 rings (SSSR count). The minimum Gasteiger partial charge on any atom is -0.492 e. The van der Waals surface area contributed by atoms with Gasteiger partial charge in [-0.15, -0.1) is 5.10 Å². The zero-order valence-corrected chi connectivity index (χ0v) is 21.7. The van der Waals surface area contributed by atoms with E-state index < -0.39 is 23.9 Å². The van der Waals surface area contributed by atoms with Crippen molar-refractivity contribution in [2.75, 3.05) is 24.6 Å². The van der Waals surface area contributed by atoms with E-state index in [2.05, 4.69) is 25.6 Å². The zero-order chi connectivity index (χ0) is 27.1. The summed E-state index contributed by atoms with van der Waals surface area (Å²) in [6, 6.07) is 8.95. The minimum atomic E-state index is -0.847.